The molecule has 3 atom stereocenters. The number of likely N-dealkylation sites (tertiary alicyclic amines) is 1. The second-order valence-electron chi connectivity index (χ2n) is 7.70. The van der Waals surface area contributed by atoms with Crippen LogP contribution in [0, 0.1) is 11.7 Å². The molecular formula is C20H31FN2O6S. The van der Waals surface area contributed by atoms with E-state index in [1.165, 1.54) is 25.0 Å². The summed E-state index contributed by atoms with van der Waals surface area (Å²) in [4.78, 5) is 13.6. The number of rotatable bonds is 6. The highest BCUT2D eigenvalue weighted by molar-refractivity contribution is 7.85. The predicted molar refractivity (Wildman–Crippen MR) is 110 cm³/mol. The number of nitrogens with two attached hydrogens (primary N) is 1. The normalized spacial score (nSPS) is 24.2. The van der Waals surface area contributed by atoms with Crippen LogP contribution < -0.4 is 10.5 Å². The highest BCUT2D eigenvalue weighted by Crippen LogP contribution is 2.37. The molecule has 1 amide bonds. The average Bonchev–Trinajstić information content (AvgIpc) is 2.66. The van der Waals surface area contributed by atoms with Gasteiger partial charge in [0.25, 0.3) is 10.1 Å². The van der Waals surface area contributed by atoms with Crippen molar-refractivity contribution in [2.75, 3.05) is 26.0 Å². The number of piperidine rings is 1. The minimum atomic E-state index is -3.67. The predicted octanol–water partition coefficient (Wildman–Crippen LogP) is 2.83. The minimum absolute atomic E-state index is 0.0329. The third-order valence-corrected chi connectivity index (χ3v) is 5.37. The minimum Gasteiger partial charge on any atom is -0.494 e. The molecule has 1 saturated carbocycles. The van der Waals surface area contributed by atoms with Gasteiger partial charge in [-0.25, -0.2) is 9.18 Å². The van der Waals surface area contributed by atoms with E-state index in [1.807, 2.05) is 0 Å². The van der Waals surface area contributed by atoms with E-state index in [4.69, 9.17) is 19.8 Å². The third kappa shape index (κ3) is 8.85. The molecule has 3 rings (SSSR count). The number of amides is 1. The Morgan fingerprint density at radius 2 is 1.87 bits per heavy atom. The molecule has 1 saturated heterocycles. The van der Waals surface area contributed by atoms with E-state index >= 15 is 0 Å². The lowest BCUT2D eigenvalue weighted by molar-refractivity contribution is -0.0423. The largest absolute Gasteiger partial charge is 0.494 e. The van der Waals surface area contributed by atoms with E-state index in [0.717, 1.165) is 38.8 Å². The second-order valence-corrected chi connectivity index (χ2v) is 9.17. The Morgan fingerprint density at radius 3 is 2.50 bits per heavy atom. The smallest absolute Gasteiger partial charge is 0.404 e. The van der Waals surface area contributed by atoms with Crippen LogP contribution in [0.1, 0.15) is 38.5 Å². The maximum Gasteiger partial charge on any atom is 0.404 e. The topological polar surface area (TPSA) is 119 Å². The van der Waals surface area contributed by atoms with E-state index in [2.05, 4.69) is 4.90 Å². The van der Waals surface area contributed by atoms with Gasteiger partial charge in [0.2, 0.25) is 0 Å². The van der Waals surface area contributed by atoms with Gasteiger partial charge >= 0.3 is 6.09 Å². The number of carbonyl (C=O) groups excluding carboxylic acids is 1. The molecular weight excluding hydrogens is 415 g/mol. The zero-order valence-corrected chi connectivity index (χ0v) is 18.0. The van der Waals surface area contributed by atoms with Crippen molar-refractivity contribution in [2.45, 2.75) is 50.7 Å². The molecule has 1 heterocycles. The van der Waals surface area contributed by atoms with Gasteiger partial charge in [-0.15, -0.1) is 0 Å². The van der Waals surface area contributed by atoms with Crippen molar-refractivity contribution in [2.24, 2.45) is 11.7 Å². The molecule has 170 valence electrons. The average molecular weight is 447 g/mol. The zero-order valence-electron chi connectivity index (χ0n) is 17.2. The molecule has 0 bridgehead atoms. The van der Waals surface area contributed by atoms with Crippen LogP contribution in [0.5, 0.6) is 5.75 Å². The van der Waals surface area contributed by atoms with Gasteiger partial charge in [0.15, 0.2) is 0 Å². The molecule has 1 aromatic carbocycles. The Kier molecular flexibility index (Phi) is 9.32. The summed E-state index contributed by atoms with van der Waals surface area (Å²) in [6.07, 6.45) is 6.48. The molecule has 2 aliphatic rings. The number of ether oxygens (including phenoxy) is 2. The summed E-state index contributed by atoms with van der Waals surface area (Å²) in [5.74, 6) is 0.843. The molecule has 1 aromatic rings. The number of hydrogen-bond acceptors (Lipinski definition) is 6. The summed E-state index contributed by atoms with van der Waals surface area (Å²) < 4.78 is 49.8. The molecule has 0 spiro atoms. The molecule has 8 nitrogen and oxygen atoms in total. The highest BCUT2D eigenvalue weighted by atomic mass is 32.2. The number of halogens is 1. The van der Waals surface area contributed by atoms with E-state index in [-0.39, 0.29) is 11.9 Å². The summed E-state index contributed by atoms with van der Waals surface area (Å²) >= 11 is 0. The third-order valence-electron chi connectivity index (χ3n) is 5.37. The van der Waals surface area contributed by atoms with Gasteiger partial charge in [-0.1, -0.05) is 12.8 Å². The number of primary amides is 1. The SMILES string of the molecule is CS(=O)(=O)O.NC(=O)OC1CCN(CCCOc2ccc(F)cc2)C2CCCCC12. The molecule has 1 aliphatic carbocycles. The van der Waals surface area contributed by atoms with E-state index in [0.29, 0.717) is 30.6 Å². The van der Waals surface area contributed by atoms with Crippen molar-refractivity contribution in [3.8, 4) is 5.75 Å². The van der Waals surface area contributed by atoms with Gasteiger partial charge in [-0.05, 0) is 49.9 Å². The summed E-state index contributed by atoms with van der Waals surface area (Å²) in [5, 5.41) is 0. The quantitative estimate of drug-likeness (QED) is 0.509. The van der Waals surface area contributed by atoms with Gasteiger partial charge in [0.1, 0.15) is 17.7 Å². The van der Waals surface area contributed by atoms with Crippen LogP contribution in [-0.4, -0.2) is 62.1 Å². The van der Waals surface area contributed by atoms with Gasteiger partial charge in [-0.3, -0.25) is 9.45 Å². The van der Waals surface area contributed by atoms with Crippen molar-refractivity contribution >= 4 is 16.2 Å². The lowest BCUT2D eigenvalue weighted by Crippen LogP contribution is -2.54. The van der Waals surface area contributed by atoms with Crippen LogP contribution in [0.4, 0.5) is 9.18 Å². The molecule has 1 aliphatic heterocycles. The molecule has 3 N–H and O–H groups in total. The van der Waals surface area contributed by atoms with Crippen LogP contribution >= 0.6 is 0 Å². The fourth-order valence-corrected chi connectivity index (χ4v) is 4.26. The van der Waals surface area contributed by atoms with Crippen LogP contribution in [0.15, 0.2) is 24.3 Å². The Hall–Kier alpha value is -1.91. The lowest BCUT2D eigenvalue weighted by Gasteiger charge is -2.47. The number of hydrogen-bond donors (Lipinski definition) is 2. The van der Waals surface area contributed by atoms with Crippen molar-refractivity contribution in [1.82, 2.24) is 4.90 Å². The van der Waals surface area contributed by atoms with Gasteiger partial charge in [0, 0.05) is 25.0 Å². The van der Waals surface area contributed by atoms with Crippen LogP contribution in [0.25, 0.3) is 0 Å². The first-order valence-electron chi connectivity index (χ1n) is 10.1. The van der Waals surface area contributed by atoms with Crippen molar-refractivity contribution < 1.29 is 31.6 Å². The maximum absolute atomic E-state index is 12.9. The van der Waals surface area contributed by atoms with Crippen LogP contribution in [0.2, 0.25) is 0 Å². The molecule has 10 heteroatoms. The van der Waals surface area contributed by atoms with Crippen LogP contribution in [-0.2, 0) is 14.9 Å². The Bertz CT molecular complexity index is 766. The molecule has 3 unspecified atom stereocenters. The summed E-state index contributed by atoms with van der Waals surface area (Å²) in [5.41, 5.74) is 5.23. The Morgan fingerprint density at radius 1 is 1.23 bits per heavy atom. The fourth-order valence-electron chi connectivity index (χ4n) is 4.26. The highest BCUT2D eigenvalue weighted by Gasteiger charge is 2.40. The maximum atomic E-state index is 12.9. The first-order valence-corrected chi connectivity index (χ1v) is 12.0. The summed E-state index contributed by atoms with van der Waals surface area (Å²) in [7, 11) is -3.67. The second kappa shape index (κ2) is 11.5. The number of fused-ring (bicyclic) bond motifs is 1. The molecule has 0 radical (unpaired) electrons. The van der Waals surface area contributed by atoms with E-state index in [1.54, 1.807) is 12.1 Å². The molecule has 0 aromatic heterocycles. The van der Waals surface area contributed by atoms with Gasteiger partial charge in [0.05, 0.1) is 12.9 Å². The monoisotopic (exact) mass is 446 g/mol. The Labute approximate surface area is 177 Å². The van der Waals surface area contributed by atoms with Gasteiger partial charge in [-0.2, -0.15) is 8.42 Å². The van der Waals surface area contributed by atoms with Crippen LogP contribution in [0.3, 0.4) is 0 Å². The standard InChI is InChI=1S/C19H27FN2O3.CH4O3S/c20-14-6-8-15(9-7-14)24-13-3-11-22-12-10-18(25-19(21)23)16-4-1-2-5-17(16)22;1-5(2,3)4/h6-9,16-18H,1-5,10-13H2,(H2,21,23);1H3,(H,2,3,4). The number of carbonyl (C=O) groups is 1. The van der Waals surface area contributed by atoms with Gasteiger partial charge < -0.3 is 15.2 Å². The van der Waals surface area contributed by atoms with E-state index in [9.17, 15) is 17.6 Å². The zero-order chi connectivity index (χ0) is 22.1. The first-order chi connectivity index (χ1) is 14.1. The summed E-state index contributed by atoms with van der Waals surface area (Å²) in [6, 6.07) is 6.59. The van der Waals surface area contributed by atoms with Crippen molar-refractivity contribution in [1.29, 1.82) is 0 Å². The summed E-state index contributed by atoms with van der Waals surface area (Å²) in [6.45, 7) is 2.50. The van der Waals surface area contributed by atoms with E-state index < -0.39 is 16.2 Å². The Balaban J connectivity index is 0.000000575. The molecule has 30 heavy (non-hydrogen) atoms. The first kappa shape index (κ1) is 24.4. The number of nitrogens with zero attached hydrogens (tertiary/aromatic N) is 1. The number of benzene rings is 1. The van der Waals surface area contributed by atoms with Crippen molar-refractivity contribution in [3.63, 3.8) is 0 Å². The fraction of sp³-hybridized carbons (Fsp3) is 0.650. The molecule has 2 fully saturated rings. The van der Waals surface area contributed by atoms with Crippen molar-refractivity contribution in [3.05, 3.63) is 30.1 Å². The lowest BCUT2D eigenvalue weighted by atomic mass is 9.76.